The highest BCUT2D eigenvalue weighted by molar-refractivity contribution is 5.25. The van der Waals surface area contributed by atoms with Crippen molar-refractivity contribution >= 4 is 0 Å². The predicted molar refractivity (Wildman–Crippen MR) is 128 cm³/mol. The fraction of sp³-hybridized carbons (Fsp3) is 0.931. The molecule has 0 radical (unpaired) electrons. The SMILES string of the molecule is CC[C@H](CC[C@@H](C)[C@@H]1CC[C@@H]2[C@H]3CC=C4C[C@H](O)CC[C@@]4(C)[C@@H]3CC[C@@]21C)C(C)C. The molecule has 3 saturated carbocycles. The Morgan fingerprint density at radius 3 is 2.47 bits per heavy atom. The van der Waals surface area contributed by atoms with Gasteiger partial charge in [0, 0.05) is 0 Å². The lowest BCUT2D eigenvalue weighted by atomic mass is 9.47. The maximum atomic E-state index is 10.2. The molecule has 1 nitrogen and oxygen atoms in total. The highest BCUT2D eigenvalue weighted by atomic mass is 16.3. The summed E-state index contributed by atoms with van der Waals surface area (Å²) in [6.07, 6.45) is 17.1. The monoisotopic (exact) mass is 414 g/mol. The molecule has 3 fully saturated rings. The van der Waals surface area contributed by atoms with Crippen molar-refractivity contribution < 1.29 is 5.11 Å². The lowest BCUT2D eigenvalue weighted by Gasteiger charge is -2.58. The first-order valence-corrected chi connectivity index (χ1v) is 13.6. The van der Waals surface area contributed by atoms with Crippen LogP contribution in [0.2, 0.25) is 0 Å². The van der Waals surface area contributed by atoms with Crippen LogP contribution in [-0.4, -0.2) is 11.2 Å². The minimum absolute atomic E-state index is 0.0794. The predicted octanol–water partition coefficient (Wildman–Crippen LogP) is 8.02. The van der Waals surface area contributed by atoms with Gasteiger partial charge in [0.05, 0.1) is 6.10 Å². The topological polar surface area (TPSA) is 20.2 Å². The summed E-state index contributed by atoms with van der Waals surface area (Å²) in [6, 6.07) is 0. The number of aliphatic hydroxyl groups is 1. The van der Waals surface area contributed by atoms with E-state index in [0.29, 0.717) is 10.8 Å². The van der Waals surface area contributed by atoms with E-state index in [0.717, 1.165) is 54.3 Å². The molecule has 0 aliphatic heterocycles. The Morgan fingerprint density at radius 2 is 1.77 bits per heavy atom. The Bertz CT molecular complexity index is 634. The van der Waals surface area contributed by atoms with Crippen LogP contribution in [0.15, 0.2) is 11.6 Å². The lowest BCUT2D eigenvalue weighted by Crippen LogP contribution is -2.50. The summed E-state index contributed by atoms with van der Waals surface area (Å²) in [5.74, 6) is 6.31. The third kappa shape index (κ3) is 3.74. The second kappa shape index (κ2) is 8.57. The maximum absolute atomic E-state index is 10.2. The molecule has 0 aromatic rings. The molecule has 1 heteroatoms. The van der Waals surface area contributed by atoms with E-state index in [9.17, 15) is 5.11 Å². The normalized spacial score (nSPS) is 45.3. The quantitative estimate of drug-likeness (QED) is 0.436. The van der Waals surface area contributed by atoms with Crippen molar-refractivity contribution in [3.8, 4) is 0 Å². The Morgan fingerprint density at radius 1 is 1.00 bits per heavy atom. The molecule has 0 unspecified atom stereocenters. The third-order valence-corrected chi connectivity index (χ3v) is 11.3. The molecule has 0 aromatic heterocycles. The lowest BCUT2D eigenvalue weighted by molar-refractivity contribution is -0.0575. The molecule has 0 spiro atoms. The van der Waals surface area contributed by atoms with Crippen LogP contribution in [0.5, 0.6) is 0 Å². The van der Waals surface area contributed by atoms with Crippen molar-refractivity contribution in [2.45, 2.75) is 118 Å². The van der Waals surface area contributed by atoms with Crippen molar-refractivity contribution in [3.05, 3.63) is 11.6 Å². The van der Waals surface area contributed by atoms with Crippen LogP contribution in [0.3, 0.4) is 0 Å². The van der Waals surface area contributed by atoms with E-state index in [1.54, 1.807) is 5.57 Å². The van der Waals surface area contributed by atoms with Gasteiger partial charge in [-0.2, -0.15) is 0 Å². The van der Waals surface area contributed by atoms with Gasteiger partial charge in [-0.3, -0.25) is 0 Å². The van der Waals surface area contributed by atoms with Gasteiger partial charge in [0.1, 0.15) is 0 Å². The summed E-state index contributed by atoms with van der Waals surface area (Å²) >= 11 is 0. The van der Waals surface area contributed by atoms with E-state index >= 15 is 0 Å². The van der Waals surface area contributed by atoms with E-state index in [-0.39, 0.29) is 6.10 Å². The van der Waals surface area contributed by atoms with Gasteiger partial charge < -0.3 is 5.11 Å². The summed E-state index contributed by atoms with van der Waals surface area (Å²) < 4.78 is 0. The van der Waals surface area contributed by atoms with Gasteiger partial charge in [-0.25, -0.2) is 0 Å². The van der Waals surface area contributed by atoms with E-state index in [2.05, 4.69) is 47.6 Å². The Balaban J connectivity index is 1.47. The van der Waals surface area contributed by atoms with Crippen molar-refractivity contribution in [3.63, 3.8) is 0 Å². The highest BCUT2D eigenvalue weighted by Gasteiger charge is 2.59. The van der Waals surface area contributed by atoms with Gasteiger partial charge in [-0.05, 0) is 110 Å². The molecular weight excluding hydrogens is 364 g/mol. The molecule has 172 valence electrons. The van der Waals surface area contributed by atoms with E-state index in [4.69, 9.17) is 0 Å². The van der Waals surface area contributed by atoms with Crippen LogP contribution in [-0.2, 0) is 0 Å². The summed E-state index contributed by atoms with van der Waals surface area (Å²) in [5, 5.41) is 10.2. The molecule has 4 aliphatic rings. The fourth-order valence-corrected chi connectivity index (χ4v) is 9.30. The molecule has 0 saturated heterocycles. The largest absolute Gasteiger partial charge is 0.393 e. The minimum Gasteiger partial charge on any atom is -0.393 e. The molecule has 0 bridgehead atoms. The summed E-state index contributed by atoms with van der Waals surface area (Å²) in [7, 11) is 0. The minimum atomic E-state index is -0.0794. The van der Waals surface area contributed by atoms with Crippen molar-refractivity contribution in [2.75, 3.05) is 0 Å². The highest BCUT2D eigenvalue weighted by Crippen LogP contribution is 2.67. The molecule has 0 amide bonds. The number of fused-ring (bicyclic) bond motifs is 5. The van der Waals surface area contributed by atoms with Crippen LogP contribution >= 0.6 is 0 Å². The van der Waals surface area contributed by atoms with Gasteiger partial charge in [0.15, 0.2) is 0 Å². The molecule has 0 aromatic carbocycles. The Hall–Kier alpha value is -0.300. The van der Waals surface area contributed by atoms with Crippen molar-refractivity contribution in [1.29, 1.82) is 0 Å². The second-order valence-electron chi connectivity index (χ2n) is 12.9. The van der Waals surface area contributed by atoms with Crippen LogP contribution in [0, 0.1) is 52.3 Å². The van der Waals surface area contributed by atoms with Crippen molar-refractivity contribution in [1.82, 2.24) is 0 Å². The van der Waals surface area contributed by atoms with Crippen LogP contribution in [0.4, 0.5) is 0 Å². The average molecular weight is 415 g/mol. The van der Waals surface area contributed by atoms with E-state index in [1.807, 2.05) is 0 Å². The zero-order chi connectivity index (χ0) is 21.7. The first-order valence-electron chi connectivity index (χ1n) is 13.6. The van der Waals surface area contributed by atoms with Crippen LogP contribution in [0.25, 0.3) is 0 Å². The van der Waals surface area contributed by atoms with Gasteiger partial charge in [-0.1, -0.05) is 66.0 Å². The summed E-state index contributed by atoms with van der Waals surface area (Å²) in [4.78, 5) is 0. The number of allylic oxidation sites excluding steroid dienone is 1. The van der Waals surface area contributed by atoms with E-state index < -0.39 is 0 Å². The van der Waals surface area contributed by atoms with Gasteiger partial charge in [-0.15, -0.1) is 0 Å². The molecule has 4 aliphatic carbocycles. The van der Waals surface area contributed by atoms with Gasteiger partial charge >= 0.3 is 0 Å². The molecule has 4 rings (SSSR count). The molecule has 30 heavy (non-hydrogen) atoms. The number of hydrogen-bond acceptors (Lipinski definition) is 1. The fourth-order valence-electron chi connectivity index (χ4n) is 9.30. The smallest absolute Gasteiger partial charge is 0.0577 e. The Labute approximate surface area is 187 Å². The van der Waals surface area contributed by atoms with E-state index in [1.165, 1.54) is 57.8 Å². The number of rotatable bonds is 6. The number of aliphatic hydroxyl groups excluding tert-OH is 1. The van der Waals surface area contributed by atoms with Gasteiger partial charge in [0.25, 0.3) is 0 Å². The third-order valence-electron chi connectivity index (χ3n) is 11.3. The zero-order valence-electron chi connectivity index (χ0n) is 20.9. The Kier molecular flexibility index (Phi) is 6.53. The second-order valence-corrected chi connectivity index (χ2v) is 12.9. The van der Waals surface area contributed by atoms with Crippen LogP contribution in [0.1, 0.15) is 112 Å². The maximum Gasteiger partial charge on any atom is 0.0577 e. The first kappa shape index (κ1) is 22.9. The molecule has 1 N–H and O–H groups in total. The van der Waals surface area contributed by atoms with Gasteiger partial charge in [0.2, 0.25) is 0 Å². The first-order chi connectivity index (χ1) is 14.2. The van der Waals surface area contributed by atoms with Crippen LogP contribution < -0.4 is 0 Å². The summed E-state index contributed by atoms with van der Waals surface area (Å²) in [5.41, 5.74) is 2.59. The van der Waals surface area contributed by atoms with Crippen molar-refractivity contribution in [2.24, 2.45) is 52.3 Å². The zero-order valence-corrected chi connectivity index (χ0v) is 20.9. The molecule has 9 atom stereocenters. The molecule has 0 heterocycles. The average Bonchev–Trinajstić information content (AvgIpc) is 3.06. The molecular formula is C29H50O. The summed E-state index contributed by atoms with van der Waals surface area (Å²) in [6.45, 7) is 15.1. The number of hydrogen-bond donors (Lipinski definition) is 1. The standard InChI is InChI=1S/C29H50O/c1-7-21(19(2)3)9-8-20(4)25-12-13-26-24-11-10-22-18-23(30)14-16-28(22,5)27(24)15-17-29(25,26)6/h10,19-21,23-27,30H,7-9,11-18H2,1-6H3/t20-,21-,23-,24-,25+,26-,27-,28-,29-/m1/s1.